The van der Waals surface area contributed by atoms with Gasteiger partial charge in [0.05, 0.1) is 0 Å². The predicted octanol–water partition coefficient (Wildman–Crippen LogP) is 3.95. The van der Waals surface area contributed by atoms with Gasteiger partial charge in [-0.3, -0.25) is 4.79 Å². The van der Waals surface area contributed by atoms with Crippen LogP contribution in [0.2, 0.25) is 0 Å². The minimum absolute atomic E-state index is 0.0478. The summed E-state index contributed by atoms with van der Waals surface area (Å²) in [5, 5.41) is 0. The van der Waals surface area contributed by atoms with E-state index in [0.29, 0.717) is 0 Å². The molecule has 0 aliphatic rings. The van der Waals surface area contributed by atoms with Crippen LogP contribution in [0.25, 0.3) is 6.08 Å². The number of aryl methyl sites for hydroxylation is 1. The molecule has 0 saturated carbocycles. The predicted molar refractivity (Wildman–Crippen MR) is 68.9 cm³/mol. The molecule has 0 bridgehead atoms. The van der Waals surface area contributed by atoms with E-state index in [9.17, 15) is 4.79 Å². The Labute approximate surface area is 99.1 Å². The Kier molecular flexibility index (Phi) is 3.32. The Bertz CT molecular complexity index is 509. The lowest BCUT2D eigenvalue weighted by atomic mass is 10.1. The van der Waals surface area contributed by atoms with Crippen molar-refractivity contribution in [2.75, 3.05) is 0 Å². The van der Waals surface area contributed by atoms with E-state index >= 15 is 0 Å². The smallest absolute Gasteiger partial charge is 0.185 e. The van der Waals surface area contributed by atoms with E-state index in [-0.39, 0.29) is 5.78 Å². The molecule has 2 rings (SSSR count). The molecule has 0 saturated heterocycles. The lowest BCUT2D eigenvalue weighted by Crippen LogP contribution is -1.92. The van der Waals surface area contributed by atoms with E-state index in [0.717, 1.165) is 10.4 Å². The fourth-order valence-corrected chi connectivity index (χ4v) is 2.18. The van der Waals surface area contributed by atoms with Gasteiger partial charge in [0.2, 0.25) is 0 Å². The van der Waals surface area contributed by atoms with Crippen molar-refractivity contribution in [2.45, 2.75) is 6.92 Å². The summed E-state index contributed by atoms with van der Waals surface area (Å²) in [6.45, 7) is 2.06. The lowest BCUT2D eigenvalue weighted by molar-refractivity contribution is 0.104. The van der Waals surface area contributed by atoms with E-state index in [1.807, 2.05) is 42.5 Å². The zero-order valence-corrected chi connectivity index (χ0v) is 9.83. The monoisotopic (exact) mass is 228 g/mol. The summed E-state index contributed by atoms with van der Waals surface area (Å²) in [7, 11) is 0. The highest BCUT2D eigenvalue weighted by Gasteiger charge is 1.99. The Morgan fingerprint density at radius 3 is 2.50 bits per heavy atom. The van der Waals surface area contributed by atoms with Crippen LogP contribution < -0.4 is 0 Å². The third kappa shape index (κ3) is 2.67. The Balaban J connectivity index is 2.11. The van der Waals surface area contributed by atoms with Crippen LogP contribution in [0.15, 0.2) is 48.5 Å². The maximum absolute atomic E-state index is 11.7. The molecule has 0 amide bonds. The van der Waals surface area contributed by atoms with Gasteiger partial charge in [-0.25, -0.2) is 0 Å². The average molecular weight is 228 g/mol. The molecule has 1 heterocycles. The Hall–Kier alpha value is -1.67. The second-order valence-electron chi connectivity index (χ2n) is 3.51. The highest BCUT2D eigenvalue weighted by Crippen LogP contribution is 2.16. The first-order chi connectivity index (χ1) is 7.75. The molecule has 1 aromatic carbocycles. The number of ketones is 1. The van der Waals surface area contributed by atoms with Gasteiger partial charge in [-0.05, 0) is 31.2 Å². The number of hydrogen-bond donors (Lipinski definition) is 0. The van der Waals surface area contributed by atoms with Crippen molar-refractivity contribution in [1.82, 2.24) is 0 Å². The standard InChI is InChI=1S/C14H12OS/c1-11-7-8-13(16-11)9-10-14(15)12-5-3-2-4-6-12/h2-10H,1H3/b10-9+. The van der Waals surface area contributed by atoms with Crippen molar-refractivity contribution >= 4 is 23.2 Å². The fourth-order valence-electron chi connectivity index (χ4n) is 1.40. The van der Waals surface area contributed by atoms with E-state index in [4.69, 9.17) is 0 Å². The quantitative estimate of drug-likeness (QED) is 0.574. The van der Waals surface area contributed by atoms with Crippen LogP contribution in [0.3, 0.4) is 0 Å². The molecular weight excluding hydrogens is 216 g/mol. The van der Waals surface area contributed by atoms with Gasteiger partial charge < -0.3 is 0 Å². The Morgan fingerprint density at radius 1 is 1.12 bits per heavy atom. The van der Waals surface area contributed by atoms with Crippen molar-refractivity contribution in [2.24, 2.45) is 0 Å². The number of carbonyl (C=O) groups excluding carboxylic acids is 1. The van der Waals surface area contributed by atoms with Crippen molar-refractivity contribution in [3.63, 3.8) is 0 Å². The fraction of sp³-hybridized carbons (Fsp3) is 0.0714. The van der Waals surface area contributed by atoms with E-state index in [1.54, 1.807) is 17.4 Å². The second kappa shape index (κ2) is 4.90. The van der Waals surface area contributed by atoms with E-state index in [2.05, 4.69) is 13.0 Å². The molecule has 0 unspecified atom stereocenters. The molecule has 16 heavy (non-hydrogen) atoms. The van der Waals surface area contributed by atoms with Crippen LogP contribution in [-0.2, 0) is 0 Å². The van der Waals surface area contributed by atoms with Crippen LogP contribution in [0.1, 0.15) is 20.1 Å². The highest BCUT2D eigenvalue weighted by molar-refractivity contribution is 7.12. The summed E-state index contributed by atoms with van der Waals surface area (Å²) >= 11 is 1.69. The first kappa shape index (κ1) is 10.8. The van der Waals surface area contributed by atoms with Gasteiger partial charge in [-0.15, -0.1) is 11.3 Å². The molecule has 0 N–H and O–H groups in total. The average Bonchev–Trinajstić information content (AvgIpc) is 2.73. The normalized spacial score (nSPS) is 10.8. The minimum Gasteiger partial charge on any atom is -0.289 e. The number of hydrogen-bond acceptors (Lipinski definition) is 2. The first-order valence-electron chi connectivity index (χ1n) is 5.09. The molecule has 80 valence electrons. The summed E-state index contributed by atoms with van der Waals surface area (Å²) in [5.74, 6) is 0.0478. The summed E-state index contributed by atoms with van der Waals surface area (Å²) in [5.41, 5.74) is 0.729. The minimum atomic E-state index is 0.0478. The van der Waals surface area contributed by atoms with Crippen LogP contribution in [-0.4, -0.2) is 5.78 Å². The molecule has 0 radical (unpaired) electrons. The molecule has 0 fully saturated rings. The van der Waals surface area contributed by atoms with Crippen LogP contribution >= 0.6 is 11.3 Å². The van der Waals surface area contributed by atoms with Gasteiger partial charge in [0.15, 0.2) is 5.78 Å². The number of rotatable bonds is 3. The third-order valence-corrected chi connectivity index (χ3v) is 3.18. The maximum atomic E-state index is 11.7. The van der Waals surface area contributed by atoms with Crippen molar-refractivity contribution < 1.29 is 4.79 Å². The van der Waals surface area contributed by atoms with Crippen LogP contribution in [0.5, 0.6) is 0 Å². The van der Waals surface area contributed by atoms with Gasteiger partial charge in [0.25, 0.3) is 0 Å². The number of benzene rings is 1. The molecule has 1 nitrogen and oxygen atoms in total. The lowest BCUT2D eigenvalue weighted by Gasteiger charge is -1.92. The highest BCUT2D eigenvalue weighted by atomic mass is 32.1. The molecule has 2 heteroatoms. The SMILES string of the molecule is Cc1ccc(/C=C/C(=O)c2ccccc2)s1. The number of carbonyl (C=O) groups is 1. The third-order valence-electron chi connectivity index (χ3n) is 2.22. The summed E-state index contributed by atoms with van der Waals surface area (Å²) < 4.78 is 0. The first-order valence-corrected chi connectivity index (χ1v) is 5.91. The van der Waals surface area contributed by atoms with Crippen LogP contribution in [0, 0.1) is 6.92 Å². The molecule has 0 atom stereocenters. The number of allylic oxidation sites excluding steroid dienone is 1. The molecule has 0 aliphatic heterocycles. The second-order valence-corrected chi connectivity index (χ2v) is 4.83. The molecule has 0 aliphatic carbocycles. The van der Waals surface area contributed by atoms with Crippen molar-refractivity contribution in [3.8, 4) is 0 Å². The van der Waals surface area contributed by atoms with Gasteiger partial charge in [-0.2, -0.15) is 0 Å². The molecule has 1 aromatic heterocycles. The van der Waals surface area contributed by atoms with Crippen molar-refractivity contribution in [3.05, 3.63) is 63.9 Å². The van der Waals surface area contributed by atoms with E-state index in [1.165, 1.54) is 4.88 Å². The van der Waals surface area contributed by atoms with Crippen LogP contribution in [0.4, 0.5) is 0 Å². The van der Waals surface area contributed by atoms with Gasteiger partial charge in [0.1, 0.15) is 0 Å². The van der Waals surface area contributed by atoms with E-state index < -0.39 is 0 Å². The largest absolute Gasteiger partial charge is 0.289 e. The summed E-state index contributed by atoms with van der Waals surface area (Å²) in [4.78, 5) is 14.1. The Morgan fingerprint density at radius 2 is 1.88 bits per heavy atom. The maximum Gasteiger partial charge on any atom is 0.185 e. The topological polar surface area (TPSA) is 17.1 Å². The zero-order chi connectivity index (χ0) is 11.4. The summed E-state index contributed by atoms with van der Waals surface area (Å²) in [6.07, 6.45) is 3.49. The van der Waals surface area contributed by atoms with Gasteiger partial charge in [0, 0.05) is 15.3 Å². The molecular formula is C14H12OS. The van der Waals surface area contributed by atoms with Crippen molar-refractivity contribution in [1.29, 1.82) is 0 Å². The summed E-state index contributed by atoms with van der Waals surface area (Å²) in [6, 6.07) is 13.4. The molecule has 2 aromatic rings. The van der Waals surface area contributed by atoms with Gasteiger partial charge >= 0.3 is 0 Å². The number of thiophene rings is 1. The van der Waals surface area contributed by atoms with Gasteiger partial charge in [-0.1, -0.05) is 30.3 Å². The zero-order valence-electron chi connectivity index (χ0n) is 9.01. The molecule has 0 spiro atoms.